The van der Waals surface area contributed by atoms with E-state index in [9.17, 15) is 4.79 Å². The number of nitrogens with zero attached hydrogens (tertiary/aromatic N) is 4. The van der Waals surface area contributed by atoms with Gasteiger partial charge in [0.05, 0.1) is 36.4 Å². The van der Waals surface area contributed by atoms with Gasteiger partial charge in [-0.1, -0.05) is 17.7 Å². The molecule has 5 aromatic rings. The number of halogens is 3. The van der Waals surface area contributed by atoms with E-state index in [-0.39, 0.29) is 36.1 Å². The molecule has 1 aliphatic rings. The highest BCUT2D eigenvalue weighted by molar-refractivity contribution is 6.29. The van der Waals surface area contributed by atoms with Crippen LogP contribution in [0.5, 0.6) is 5.88 Å². The van der Waals surface area contributed by atoms with Crippen molar-refractivity contribution in [2.45, 2.75) is 32.1 Å². The normalized spacial score (nSPS) is 14.5. The van der Waals surface area contributed by atoms with Crippen LogP contribution in [0.2, 0.25) is 5.15 Å². The molecule has 1 aliphatic heterocycles. The van der Waals surface area contributed by atoms with E-state index in [1.165, 1.54) is 25.4 Å². The van der Waals surface area contributed by atoms with E-state index in [0.717, 1.165) is 12.0 Å². The Balaban J connectivity index is 1.27. The molecule has 0 saturated carbocycles. The average molecular weight is 591 g/mol. The third-order valence-electron chi connectivity index (χ3n) is 7.13. The van der Waals surface area contributed by atoms with E-state index >= 15 is 8.78 Å². The van der Waals surface area contributed by atoms with E-state index in [2.05, 4.69) is 15.0 Å². The second-order valence-corrected chi connectivity index (χ2v) is 10.3. The molecule has 1 fully saturated rings. The lowest BCUT2D eigenvalue weighted by Crippen LogP contribution is -2.31. The van der Waals surface area contributed by atoms with Crippen molar-refractivity contribution in [1.29, 1.82) is 0 Å². The number of hydrogen-bond acceptors (Lipinski definition) is 7. The third kappa shape index (κ3) is 5.81. The van der Waals surface area contributed by atoms with Crippen LogP contribution in [0, 0.1) is 11.6 Å². The first-order chi connectivity index (χ1) is 20.4. The van der Waals surface area contributed by atoms with Crippen LogP contribution in [0.4, 0.5) is 8.78 Å². The molecule has 2 aromatic carbocycles. The first kappa shape index (κ1) is 27.7. The highest BCUT2D eigenvalue weighted by Crippen LogP contribution is 2.30. The molecule has 8 nitrogen and oxygen atoms in total. The SMILES string of the molecule is COC(=O)c1ccc2nc(Cc3cc(F)c(-c4ccnc(OCc5ccc(Cl)nc5)c4)cc3F)n(C[C@@H]3CCO3)c2c1. The minimum atomic E-state index is -0.594. The van der Waals surface area contributed by atoms with Gasteiger partial charge in [0.2, 0.25) is 5.88 Å². The minimum absolute atomic E-state index is 0.0223. The van der Waals surface area contributed by atoms with Crippen LogP contribution in [-0.4, -0.2) is 45.3 Å². The number of aromatic nitrogens is 4. The molecule has 0 spiro atoms. The monoisotopic (exact) mass is 590 g/mol. The number of hydrogen-bond donors (Lipinski definition) is 0. The highest BCUT2D eigenvalue weighted by Gasteiger charge is 2.24. The number of esters is 1. The van der Waals surface area contributed by atoms with E-state index < -0.39 is 17.6 Å². The fourth-order valence-electron chi connectivity index (χ4n) is 4.81. The Hall–Kier alpha value is -4.41. The summed E-state index contributed by atoms with van der Waals surface area (Å²) >= 11 is 5.82. The predicted octanol–water partition coefficient (Wildman–Crippen LogP) is 6.17. The zero-order valence-electron chi connectivity index (χ0n) is 22.5. The quantitative estimate of drug-likeness (QED) is 0.150. The second kappa shape index (κ2) is 11.8. The van der Waals surface area contributed by atoms with Crippen LogP contribution in [0.1, 0.15) is 33.7 Å². The third-order valence-corrected chi connectivity index (χ3v) is 7.36. The van der Waals surface area contributed by atoms with Crippen molar-refractivity contribution < 1.29 is 27.8 Å². The topological polar surface area (TPSA) is 88.4 Å². The molecule has 1 saturated heterocycles. The number of imidazole rings is 1. The molecule has 11 heteroatoms. The van der Waals surface area contributed by atoms with E-state index in [1.807, 2.05) is 4.57 Å². The molecule has 0 unspecified atom stereocenters. The summed E-state index contributed by atoms with van der Waals surface area (Å²) in [7, 11) is 1.32. The molecule has 0 bridgehead atoms. The van der Waals surface area contributed by atoms with Crippen LogP contribution in [-0.2, 0) is 29.0 Å². The second-order valence-electron chi connectivity index (χ2n) is 9.88. The van der Waals surface area contributed by atoms with Gasteiger partial charge in [-0.2, -0.15) is 0 Å². The molecule has 42 heavy (non-hydrogen) atoms. The van der Waals surface area contributed by atoms with Gasteiger partial charge < -0.3 is 18.8 Å². The molecular formula is C31H25ClF2N4O4. The van der Waals surface area contributed by atoms with Gasteiger partial charge in [0.1, 0.15) is 29.2 Å². The van der Waals surface area contributed by atoms with Gasteiger partial charge in [-0.15, -0.1) is 0 Å². The molecule has 214 valence electrons. The standard InChI is InChI=1S/C31H25ClF2N4O4/c1-40-31(39)20-3-4-26-27(11-20)38(16-22-7-9-41-22)29(37-26)12-21-10-25(34)23(14-24(21)33)19-6-8-35-30(13-19)42-17-18-2-5-28(32)36-15-18/h2-6,8,10-11,13-15,22H,7,9,12,16-17H2,1H3/t22-/m0/s1. The van der Waals surface area contributed by atoms with E-state index in [4.69, 9.17) is 25.8 Å². The lowest BCUT2D eigenvalue weighted by Gasteiger charge is -2.27. The highest BCUT2D eigenvalue weighted by atomic mass is 35.5. The van der Waals surface area contributed by atoms with Crippen molar-refractivity contribution >= 4 is 28.6 Å². The molecule has 1 atom stereocenters. The number of pyridine rings is 2. The summed E-state index contributed by atoms with van der Waals surface area (Å²) in [5.74, 6) is -0.856. The van der Waals surface area contributed by atoms with Gasteiger partial charge in [-0.25, -0.2) is 28.5 Å². The Morgan fingerprint density at radius 3 is 2.69 bits per heavy atom. The van der Waals surface area contributed by atoms with Crippen LogP contribution in [0.15, 0.2) is 67.0 Å². The predicted molar refractivity (Wildman–Crippen MR) is 151 cm³/mol. The van der Waals surface area contributed by atoms with Gasteiger partial charge in [-0.05, 0) is 60.0 Å². The number of rotatable bonds is 9. The molecule has 4 heterocycles. The molecule has 0 amide bonds. The van der Waals surface area contributed by atoms with E-state index in [0.29, 0.717) is 46.3 Å². The van der Waals surface area contributed by atoms with Crippen molar-refractivity contribution in [2.75, 3.05) is 13.7 Å². The molecule has 6 rings (SSSR count). The summed E-state index contributed by atoms with van der Waals surface area (Å²) in [5.41, 5.74) is 3.13. The van der Waals surface area contributed by atoms with Crippen molar-refractivity contribution in [3.8, 4) is 17.0 Å². The largest absolute Gasteiger partial charge is 0.473 e. The number of ether oxygens (including phenoxy) is 3. The van der Waals surface area contributed by atoms with Crippen LogP contribution >= 0.6 is 11.6 Å². The van der Waals surface area contributed by atoms with Crippen LogP contribution in [0.25, 0.3) is 22.2 Å². The number of carbonyl (C=O) groups excluding carboxylic acids is 1. The maximum absolute atomic E-state index is 15.5. The van der Waals surface area contributed by atoms with Crippen molar-refractivity contribution in [3.63, 3.8) is 0 Å². The van der Waals surface area contributed by atoms with Gasteiger partial charge in [-0.3, -0.25) is 0 Å². The Labute approximate surface area is 244 Å². The first-order valence-electron chi connectivity index (χ1n) is 13.2. The summed E-state index contributed by atoms with van der Waals surface area (Å²) in [4.78, 5) is 25.0. The van der Waals surface area contributed by atoms with E-state index in [1.54, 1.807) is 48.7 Å². The molecule has 3 aromatic heterocycles. The maximum atomic E-state index is 15.5. The Morgan fingerprint density at radius 1 is 1.10 bits per heavy atom. The lowest BCUT2D eigenvalue weighted by atomic mass is 10.0. The zero-order chi connectivity index (χ0) is 29.2. The number of carbonyl (C=O) groups is 1. The zero-order valence-corrected chi connectivity index (χ0v) is 23.3. The summed E-state index contributed by atoms with van der Waals surface area (Å²) in [6.07, 6.45) is 3.96. The van der Waals surface area contributed by atoms with Crippen molar-refractivity contribution in [1.82, 2.24) is 19.5 Å². The summed E-state index contributed by atoms with van der Waals surface area (Å²) < 4.78 is 49.1. The van der Waals surface area contributed by atoms with Gasteiger partial charge in [0.15, 0.2) is 0 Å². The first-order valence-corrected chi connectivity index (χ1v) is 13.6. The summed E-state index contributed by atoms with van der Waals surface area (Å²) in [5, 5.41) is 0.372. The Bertz CT molecular complexity index is 1770. The summed E-state index contributed by atoms with van der Waals surface area (Å²) in [6.45, 7) is 1.33. The number of methoxy groups -OCH3 is 1. The fourth-order valence-corrected chi connectivity index (χ4v) is 4.92. The Kier molecular flexibility index (Phi) is 7.82. The molecule has 0 radical (unpaired) electrons. The van der Waals surface area contributed by atoms with Crippen LogP contribution < -0.4 is 4.74 Å². The lowest BCUT2D eigenvalue weighted by molar-refractivity contribution is -0.0589. The fraction of sp³-hybridized carbons (Fsp3) is 0.226. The maximum Gasteiger partial charge on any atom is 0.337 e. The van der Waals surface area contributed by atoms with Gasteiger partial charge >= 0.3 is 5.97 Å². The molecular weight excluding hydrogens is 566 g/mol. The summed E-state index contributed by atoms with van der Waals surface area (Å²) in [6, 6.07) is 14.0. The van der Waals surface area contributed by atoms with Crippen molar-refractivity contribution in [3.05, 3.63) is 106 Å². The average Bonchev–Trinajstić information content (AvgIpc) is 3.31. The number of fused-ring (bicyclic) bond motifs is 1. The minimum Gasteiger partial charge on any atom is -0.473 e. The molecule has 0 N–H and O–H groups in total. The number of benzene rings is 2. The van der Waals surface area contributed by atoms with Gasteiger partial charge in [0.25, 0.3) is 0 Å². The molecule has 0 aliphatic carbocycles. The van der Waals surface area contributed by atoms with Crippen molar-refractivity contribution in [2.24, 2.45) is 0 Å². The van der Waals surface area contributed by atoms with Crippen LogP contribution in [0.3, 0.4) is 0 Å². The Morgan fingerprint density at radius 2 is 1.95 bits per heavy atom. The smallest absolute Gasteiger partial charge is 0.337 e. The van der Waals surface area contributed by atoms with Gasteiger partial charge in [0, 0.05) is 42.6 Å².